The van der Waals surface area contributed by atoms with Crippen molar-refractivity contribution in [2.75, 3.05) is 18.2 Å². The minimum absolute atomic E-state index is 0.295. The predicted octanol–water partition coefficient (Wildman–Crippen LogP) is 3.26. The van der Waals surface area contributed by atoms with E-state index in [-0.39, 0.29) is 0 Å². The fraction of sp³-hybridized carbons (Fsp3) is 0.0556. The maximum absolute atomic E-state index is 5.98. The normalized spacial score (nSPS) is 10.7. The lowest BCUT2D eigenvalue weighted by Gasteiger charge is -2.09. The van der Waals surface area contributed by atoms with Crippen LogP contribution in [-0.4, -0.2) is 26.9 Å². The zero-order chi connectivity index (χ0) is 17.9. The number of nitrogen functional groups attached to an aromatic ring is 1. The van der Waals surface area contributed by atoms with Crippen molar-refractivity contribution in [3.63, 3.8) is 0 Å². The van der Waals surface area contributed by atoms with Crippen molar-refractivity contribution in [3.8, 4) is 22.8 Å². The van der Waals surface area contributed by atoms with Gasteiger partial charge in [0.1, 0.15) is 5.75 Å². The average molecular weight is 348 g/mol. The van der Waals surface area contributed by atoms with E-state index in [2.05, 4.69) is 20.4 Å². The third-order valence-electron chi connectivity index (χ3n) is 3.79. The minimum Gasteiger partial charge on any atom is -0.496 e. The number of aromatic nitrogens is 4. The number of hydrogen-bond donors (Lipinski definition) is 2. The molecule has 8 heteroatoms. The van der Waals surface area contributed by atoms with Crippen LogP contribution >= 0.6 is 0 Å². The molecule has 0 fully saturated rings. The number of nitrogens with two attached hydrogens (primary N) is 1. The SMILES string of the molecule is COc1cc(Nc2nc(N)n(-c3ccccc3)n2)ccc1-c1cnco1. The lowest BCUT2D eigenvalue weighted by Crippen LogP contribution is -2.02. The molecule has 0 amide bonds. The van der Waals surface area contributed by atoms with Crippen molar-refractivity contribution in [3.05, 3.63) is 61.1 Å². The van der Waals surface area contributed by atoms with Crippen LogP contribution in [0.5, 0.6) is 5.75 Å². The second-order valence-corrected chi connectivity index (χ2v) is 5.45. The highest BCUT2D eigenvalue weighted by atomic mass is 16.5. The van der Waals surface area contributed by atoms with Crippen LogP contribution in [0.25, 0.3) is 17.0 Å². The topological polar surface area (TPSA) is 104 Å². The Morgan fingerprint density at radius 3 is 2.73 bits per heavy atom. The number of nitrogens with zero attached hydrogens (tertiary/aromatic N) is 4. The molecule has 26 heavy (non-hydrogen) atoms. The van der Waals surface area contributed by atoms with Gasteiger partial charge in [0.25, 0.3) is 0 Å². The van der Waals surface area contributed by atoms with Crippen molar-refractivity contribution in [2.45, 2.75) is 0 Å². The standard InChI is InChI=1S/C18H16N6O2/c1-25-15-9-12(7-8-14(15)16-10-20-11-26-16)21-18-22-17(19)24(23-18)13-5-3-2-4-6-13/h2-11H,1H3,(H3,19,21,22,23). The molecule has 0 bridgehead atoms. The Labute approximate surface area is 149 Å². The van der Waals surface area contributed by atoms with Crippen molar-refractivity contribution in [1.29, 1.82) is 0 Å². The van der Waals surface area contributed by atoms with Crippen molar-refractivity contribution in [1.82, 2.24) is 19.7 Å². The molecule has 4 rings (SSSR count). The molecule has 2 aromatic heterocycles. The van der Waals surface area contributed by atoms with E-state index in [1.807, 2.05) is 48.5 Å². The molecule has 2 heterocycles. The summed E-state index contributed by atoms with van der Waals surface area (Å²) in [6.45, 7) is 0. The van der Waals surface area contributed by atoms with Gasteiger partial charge in [0, 0.05) is 11.8 Å². The van der Waals surface area contributed by atoms with Crippen molar-refractivity contribution in [2.24, 2.45) is 0 Å². The van der Waals surface area contributed by atoms with Gasteiger partial charge in [-0.15, -0.1) is 5.10 Å². The van der Waals surface area contributed by atoms with Crippen LogP contribution in [0.1, 0.15) is 0 Å². The van der Waals surface area contributed by atoms with Crippen molar-refractivity contribution >= 4 is 17.6 Å². The molecule has 0 aliphatic rings. The van der Waals surface area contributed by atoms with Crippen LogP contribution in [0.3, 0.4) is 0 Å². The molecule has 0 atom stereocenters. The first-order valence-electron chi connectivity index (χ1n) is 7.86. The molecule has 8 nitrogen and oxygen atoms in total. The number of methoxy groups -OCH3 is 1. The van der Waals surface area contributed by atoms with Gasteiger partial charge in [-0.3, -0.25) is 0 Å². The largest absolute Gasteiger partial charge is 0.496 e. The highest BCUT2D eigenvalue weighted by molar-refractivity contribution is 5.70. The van der Waals surface area contributed by atoms with E-state index >= 15 is 0 Å². The van der Waals surface area contributed by atoms with Crippen LogP contribution in [-0.2, 0) is 0 Å². The molecule has 0 saturated carbocycles. The van der Waals surface area contributed by atoms with Crippen LogP contribution < -0.4 is 15.8 Å². The summed E-state index contributed by atoms with van der Waals surface area (Å²) in [5, 5.41) is 7.54. The van der Waals surface area contributed by atoms with Gasteiger partial charge in [0.2, 0.25) is 11.9 Å². The summed E-state index contributed by atoms with van der Waals surface area (Å²) in [5.74, 6) is 1.95. The highest BCUT2D eigenvalue weighted by Crippen LogP contribution is 2.33. The van der Waals surface area contributed by atoms with Crippen LogP contribution in [0, 0.1) is 0 Å². The molecule has 0 radical (unpaired) electrons. The molecule has 2 aromatic carbocycles. The Balaban J connectivity index is 1.62. The fourth-order valence-electron chi connectivity index (χ4n) is 2.59. The van der Waals surface area contributed by atoms with Gasteiger partial charge in [-0.2, -0.15) is 9.67 Å². The Bertz CT molecular complexity index is 1010. The zero-order valence-electron chi connectivity index (χ0n) is 14.0. The van der Waals surface area contributed by atoms with E-state index in [4.69, 9.17) is 14.9 Å². The number of nitrogens with one attached hydrogen (secondary N) is 1. The molecule has 0 aliphatic heterocycles. The highest BCUT2D eigenvalue weighted by Gasteiger charge is 2.12. The van der Waals surface area contributed by atoms with Crippen LogP contribution in [0.4, 0.5) is 17.6 Å². The molecule has 0 saturated heterocycles. The molecule has 4 aromatic rings. The molecular formula is C18H16N6O2. The predicted molar refractivity (Wildman–Crippen MR) is 97.5 cm³/mol. The monoisotopic (exact) mass is 348 g/mol. The van der Waals surface area contributed by atoms with E-state index in [1.165, 1.54) is 6.39 Å². The number of para-hydroxylation sites is 1. The molecular weight excluding hydrogens is 332 g/mol. The van der Waals surface area contributed by atoms with E-state index in [0.717, 1.165) is 16.9 Å². The molecule has 0 spiro atoms. The fourth-order valence-corrected chi connectivity index (χ4v) is 2.59. The quantitative estimate of drug-likeness (QED) is 0.570. The van der Waals surface area contributed by atoms with E-state index in [0.29, 0.717) is 23.4 Å². The maximum atomic E-state index is 5.98. The third kappa shape index (κ3) is 2.95. The number of oxazole rings is 1. The lowest BCUT2D eigenvalue weighted by molar-refractivity contribution is 0.415. The summed E-state index contributed by atoms with van der Waals surface area (Å²) in [6, 6.07) is 15.1. The lowest BCUT2D eigenvalue weighted by atomic mass is 10.1. The second-order valence-electron chi connectivity index (χ2n) is 5.45. The zero-order valence-corrected chi connectivity index (χ0v) is 14.0. The summed E-state index contributed by atoms with van der Waals surface area (Å²) in [4.78, 5) is 8.19. The van der Waals surface area contributed by atoms with E-state index in [1.54, 1.807) is 18.0 Å². The Hall–Kier alpha value is -3.81. The van der Waals surface area contributed by atoms with Crippen LogP contribution in [0.2, 0.25) is 0 Å². The summed E-state index contributed by atoms with van der Waals surface area (Å²) >= 11 is 0. The number of ether oxygens (including phenoxy) is 1. The number of benzene rings is 2. The van der Waals surface area contributed by atoms with Gasteiger partial charge >= 0.3 is 0 Å². The Kier molecular flexibility index (Phi) is 3.98. The number of anilines is 3. The van der Waals surface area contributed by atoms with E-state index < -0.39 is 0 Å². The molecule has 3 N–H and O–H groups in total. The van der Waals surface area contributed by atoms with E-state index in [9.17, 15) is 0 Å². The first-order valence-corrected chi connectivity index (χ1v) is 7.86. The maximum Gasteiger partial charge on any atom is 0.248 e. The first kappa shape index (κ1) is 15.7. The van der Waals surface area contributed by atoms with Gasteiger partial charge in [0.05, 0.1) is 24.6 Å². The third-order valence-corrected chi connectivity index (χ3v) is 3.79. The van der Waals surface area contributed by atoms with Gasteiger partial charge in [-0.1, -0.05) is 18.2 Å². The minimum atomic E-state index is 0.295. The van der Waals surface area contributed by atoms with Gasteiger partial charge in [0.15, 0.2) is 12.2 Å². The summed E-state index contributed by atoms with van der Waals surface area (Å²) < 4.78 is 12.4. The summed E-state index contributed by atoms with van der Waals surface area (Å²) in [5.41, 5.74) is 8.38. The first-order chi connectivity index (χ1) is 12.7. The van der Waals surface area contributed by atoms with Gasteiger partial charge in [-0.25, -0.2) is 4.98 Å². The van der Waals surface area contributed by atoms with Gasteiger partial charge < -0.3 is 20.2 Å². The smallest absolute Gasteiger partial charge is 0.248 e. The number of hydrogen-bond acceptors (Lipinski definition) is 7. The molecule has 130 valence electrons. The molecule has 0 unspecified atom stereocenters. The Morgan fingerprint density at radius 2 is 2.00 bits per heavy atom. The summed E-state index contributed by atoms with van der Waals surface area (Å²) in [7, 11) is 1.60. The van der Waals surface area contributed by atoms with Crippen LogP contribution in [0.15, 0.2) is 65.5 Å². The average Bonchev–Trinajstić information content (AvgIpc) is 3.32. The summed E-state index contributed by atoms with van der Waals surface area (Å²) in [6.07, 6.45) is 3.01. The number of rotatable bonds is 5. The molecule has 0 aliphatic carbocycles. The Morgan fingerprint density at radius 1 is 1.15 bits per heavy atom. The second kappa shape index (κ2) is 6.60. The van der Waals surface area contributed by atoms with Crippen molar-refractivity contribution < 1.29 is 9.15 Å². The van der Waals surface area contributed by atoms with Gasteiger partial charge in [-0.05, 0) is 24.3 Å².